The lowest BCUT2D eigenvalue weighted by molar-refractivity contribution is 0.498. The zero-order chi connectivity index (χ0) is 18.0. The maximum Gasteiger partial charge on any atom is 0.266 e. The molecule has 130 valence electrons. The molecule has 1 heterocycles. The molecule has 2 aromatic carbocycles. The van der Waals surface area contributed by atoms with Gasteiger partial charge in [0.25, 0.3) is 5.56 Å². The van der Waals surface area contributed by atoms with Crippen LogP contribution in [-0.4, -0.2) is 16.1 Å². The summed E-state index contributed by atoms with van der Waals surface area (Å²) in [6.45, 7) is 9.16. The van der Waals surface area contributed by atoms with Crippen molar-refractivity contribution in [3.63, 3.8) is 0 Å². The Kier molecular flexibility index (Phi) is 5.00. The van der Waals surface area contributed by atoms with Crippen molar-refractivity contribution in [3.8, 4) is 5.69 Å². The van der Waals surface area contributed by atoms with E-state index < -0.39 is 0 Å². The molecule has 0 radical (unpaired) electrons. The molecule has 0 aliphatic carbocycles. The summed E-state index contributed by atoms with van der Waals surface area (Å²) in [6.07, 6.45) is 0.865. The fourth-order valence-corrected chi connectivity index (χ4v) is 3.16. The van der Waals surface area contributed by atoms with E-state index in [0.717, 1.165) is 30.0 Å². The zero-order valence-corrected chi connectivity index (χ0v) is 15.3. The van der Waals surface area contributed by atoms with Gasteiger partial charge in [0.05, 0.1) is 22.6 Å². The van der Waals surface area contributed by atoms with Gasteiger partial charge in [0.2, 0.25) is 0 Å². The number of benzene rings is 2. The third-order valence-corrected chi connectivity index (χ3v) is 4.72. The average molecular weight is 335 g/mol. The second-order valence-electron chi connectivity index (χ2n) is 6.41. The van der Waals surface area contributed by atoms with Gasteiger partial charge in [-0.2, -0.15) is 0 Å². The van der Waals surface area contributed by atoms with Gasteiger partial charge in [-0.25, -0.2) is 4.98 Å². The summed E-state index contributed by atoms with van der Waals surface area (Å²) >= 11 is 0. The molecule has 0 aliphatic heterocycles. The summed E-state index contributed by atoms with van der Waals surface area (Å²) in [5.41, 5.74) is 3.99. The number of aromatic nitrogens is 2. The normalized spacial score (nSPS) is 12.5. The lowest BCUT2D eigenvalue weighted by Crippen LogP contribution is -2.31. The topological polar surface area (TPSA) is 46.9 Å². The number of rotatable bonds is 5. The fourth-order valence-electron chi connectivity index (χ4n) is 3.16. The lowest BCUT2D eigenvalue weighted by atomic mass is 10.1. The number of hydrogen-bond donors (Lipinski definition) is 1. The molecule has 1 N–H and O–H groups in total. The van der Waals surface area contributed by atoms with Crippen molar-refractivity contribution in [1.82, 2.24) is 14.9 Å². The summed E-state index contributed by atoms with van der Waals surface area (Å²) < 4.78 is 1.77. The van der Waals surface area contributed by atoms with Gasteiger partial charge in [-0.05, 0) is 62.2 Å². The number of nitrogens with one attached hydrogen (secondary N) is 1. The highest BCUT2D eigenvalue weighted by Crippen LogP contribution is 2.21. The van der Waals surface area contributed by atoms with E-state index in [0.29, 0.717) is 5.39 Å². The first-order chi connectivity index (χ1) is 12.1. The van der Waals surface area contributed by atoms with Crippen LogP contribution in [0.5, 0.6) is 0 Å². The minimum absolute atomic E-state index is 0.0137. The predicted molar refractivity (Wildman–Crippen MR) is 104 cm³/mol. The molecule has 0 unspecified atom stereocenters. The number of aryl methyl sites for hydroxylation is 2. The minimum atomic E-state index is -0.0137. The molecule has 0 amide bonds. The molecule has 1 aromatic heterocycles. The summed E-state index contributed by atoms with van der Waals surface area (Å²) in [4.78, 5) is 18.1. The van der Waals surface area contributed by atoms with Gasteiger partial charge in [-0.15, -0.1) is 0 Å². The van der Waals surface area contributed by atoms with Gasteiger partial charge in [0, 0.05) is 0 Å². The van der Waals surface area contributed by atoms with Gasteiger partial charge in [-0.3, -0.25) is 9.36 Å². The molecular formula is C21H25N3O. The fraction of sp³-hybridized carbons (Fsp3) is 0.333. The van der Waals surface area contributed by atoms with Crippen LogP contribution in [0.4, 0.5) is 0 Å². The maximum atomic E-state index is 13.3. The molecule has 0 bridgehead atoms. The number of para-hydroxylation sites is 1. The first kappa shape index (κ1) is 17.4. The Balaban J connectivity index is 2.35. The van der Waals surface area contributed by atoms with Crippen molar-refractivity contribution in [1.29, 1.82) is 0 Å². The molecule has 25 heavy (non-hydrogen) atoms. The lowest BCUT2D eigenvalue weighted by Gasteiger charge is -2.21. The molecule has 0 spiro atoms. The van der Waals surface area contributed by atoms with Crippen LogP contribution in [0.3, 0.4) is 0 Å². The second-order valence-corrected chi connectivity index (χ2v) is 6.41. The molecule has 0 saturated heterocycles. The van der Waals surface area contributed by atoms with E-state index in [1.54, 1.807) is 4.57 Å². The SMILES string of the molecule is CCN[C@@H](CC)c1nc2ccccc2c(=O)n1-c1ccc(C)c(C)c1. The van der Waals surface area contributed by atoms with Crippen LogP contribution in [0, 0.1) is 13.8 Å². The van der Waals surface area contributed by atoms with Crippen LogP contribution < -0.4 is 10.9 Å². The molecule has 4 heteroatoms. The third kappa shape index (κ3) is 3.22. The summed E-state index contributed by atoms with van der Waals surface area (Å²) in [6, 6.07) is 13.7. The van der Waals surface area contributed by atoms with Crippen molar-refractivity contribution in [2.24, 2.45) is 0 Å². The Morgan fingerprint density at radius 3 is 2.52 bits per heavy atom. The molecule has 0 aliphatic rings. The standard InChI is InChI=1S/C21H25N3O/c1-5-18(22-6-2)20-23-19-10-8-7-9-17(19)21(25)24(20)16-12-11-14(3)15(4)13-16/h7-13,18,22H,5-6H2,1-4H3/t18-/m0/s1. The van der Waals surface area contributed by atoms with Crippen LogP contribution in [0.15, 0.2) is 47.3 Å². The summed E-state index contributed by atoms with van der Waals surface area (Å²) in [7, 11) is 0. The van der Waals surface area contributed by atoms with E-state index in [4.69, 9.17) is 4.98 Å². The van der Waals surface area contributed by atoms with Crippen LogP contribution >= 0.6 is 0 Å². The first-order valence-corrected chi connectivity index (χ1v) is 8.89. The quantitative estimate of drug-likeness (QED) is 0.765. The molecule has 4 nitrogen and oxygen atoms in total. The van der Waals surface area contributed by atoms with E-state index >= 15 is 0 Å². The van der Waals surface area contributed by atoms with Gasteiger partial charge < -0.3 is 5.32 Å². The molecule has 0 fully saturated rings. The Labute approximate surface area is 148 Å². The van der Waals surface area contributed by atoms with E-state index in [1.807, 2.05) is 30.3 Å². The maximum absolute atomic E-state index is 13.3. The van der Waals surface area contributed by atoms with Gasteiger partial charge in [0.15, 0.2) is 0 Å². The summed E-state index contributed by atoms with van der Waals surface area (Å²) in [5, 5.41) is 4.10. The first-order valence-electron chi connectivity index (χ1n) is 8.89. The van der Waals surface area contributed by atoms with Crippen LogP contribution in [0.1, 0.15) is 43.3 Å². The monoisotopic (exact) mass is 335 g/mol. The van der Waals surface area contributed by atoms with E-state index in [-0.39, 0.29) is 11.6 Å². The van der Waals surface area contributed by atoms with E-state index in [2.05, 4.69) is 45.1 Å². The highest BCUT2D eigenvalue weighted by atomic mass is 16.1. The Hall–Kier alpha value is -2.46. The Bertz CT molecular complexity index is 959. The second kappa shape index (κ2) is 7.19. The van der Waals surface area contributed by atoms with Crippen molar-refractivity contribution < 1.29 is 0 Å². The van der Waals surface area contributed by atoms with Crippen LogP contribution in [0.2, 0.25) is 0 Å². The van der Waals surface area contributed by atoms with Crippen molar-refractivity contribution >= 4 is 10.9 Å². The average Bonchev–Trinajstić information content (AvgIpc) is 2.62. The molecule has 3 rings (SSSR count). The van der Waals surface area contributed by atoms with Crippen LogP contribution in [0.25, 0.3) is 16.6 Å². The number of nitrogens with zero attached hydrogens (tertiary/aromatic N) is 2. The molecule has 1 atom stereocenters. The van der Waals surface area contributed by atoms with Crippen molar-refractivity contribution in [3.05, 3.63) is 69.8 Å². The van der Waals surface area contributed by atoms with Crippen LogP contribution in [-0.2, 0) is 0 Å². The molecular weight excluding hydrogens is 310 g/mol. The van der Waals surface area contributed by atoms with Crippen molar-refractivity contribution in [2.45, 2.75) is 40.2 Å². The number of hydrogen-bond acceptors (Lipinski definition) is 3. The van der Waals surface area contributed by atoms with Gasteiger partial charge in [0.1, 0.15) is 5.82 Å². The summed E-state index contributed by atoms with van der Waals surface area (Å²) in [5.74, 6) is 0.774. The third-order valence-electron chi connectivity index (χ3n) is 4.72. The van der Waals surface area contributed by atoms with Gasteiger partial charge >= 0.3 is 0 Å². The predicted octanol–water partition coefficient (Wildman–Crippen LogP) is 4.06. The largest absolute Gasteiger partial charge is 0.308 e. The molecule has 3 aromatic rings. The number of fused-ring (bicyclic) bond motifs is 1. The van der Waals surface area contributed by atoms with Crippen molar-refractivity contribution in [2.75, 3.05) is 6.54 Å². The highest BCUT2D eigenvalue weighted by Gasteiger charge is 2.19. The van der Waals surface area contributed by atoms with E-state index in [1.165, 1.54) is 11.1 Å². The zero-order valence-electron chi connectivity index (χ0n) is 15.3. The molecule has 0 saturated carbocycles. The van der Waals surface area contributed by atoms with Gasteiger partial charge in [-0.1, -0.05) is 32.0 Å². The minimum Gasteiger partial charge on any atom is -0.308 e. The Morgan fingerprint density at radius 2 is 1.84 bits per heavy atom. The highest BCUT2D eigenvalue weighted by molar-refractivity contribution is 5.77. The van der Waals surface area contributed by atoms with E-state index in [9.17, 15) is 4.79 Å². The Morgan fingerprint density at radius 1 is 1.08 bits per heavy atom. The smallest absolute Gasteiger partial charge is 0.266 e.